The smallest absolute Gasteiger partial charge is 0.327 e. The molecule has 3 atom stereocenters. The molecule has 9 nitrogen and oxygen atoms in total. The van der Waals surface area contributed by atoms with E-state index in [1.807, 2.05) is 30.3 Å². The summed E-state index contributed by atoms with van der Waals surface area (Å²) >= 11 is 7.89. The number of ether oxygens (including phenoxy) is 1. The van der Waals surface area contributed by atoms with Crippen LogP contribution in [0, 0.1) is 0 Å². The molecule has 3 aliphatic rings. The number of likely N-dealkylation sites (tertiary alicyclic amines) is 1. The Morgan fingerprint density at radius 1 is 1.20 bits per heavy atom. The Morgan fingerprint density at radius 2 is 2.02 bits per heavy atom. The number of hydrogen-bond acceptors (Lipinski definition) is 6. The number of carbonyl (C=O) groups is 3. The molecular weight excluding hydrogens is 550 g/mol. The van der Waals surface area contributed by atoms with Gasteiger partial charge in [-0.2, -0.15) is 0 Å². The molecule has 6 rings (SSSR count). The Bertz CT molecular complexity index is 1500. The lowest BCUT2D eigenvalue weighted by Gasteiger charge is -2.35. The lowest BCUT2D eigenvalue weighted by molar-refractivity contribution is -0.129. The van der Waals surface area contributed by atoms with Gasteiger partial charge in [0.15, 0.2) is 0 Å². The number of halogens is 1. The fraction of sp³-hybridized carbons (Fsp3) is 0.241. The van der Waals surface area contributed by atoms with E-state index in [9.17, 15) is 14.4 Å². The molecule has 4 amide bonds. The van der Waals surface area contributed by atoms with E-state index in [0.717, 1.165) is 18.4 Å². The van der Waals surface area contributed by atoms with Crippen LogP contribution < -0.4 is 20.3 Å². The summed E-state index contributed by atoms with van der Waals surface area (Å²) in [5, 5.41) is 6.56. The van der Waals surface area contributed by atoms with Crippen LogP contribution in [0.25, 0.3) is 0 Å². The van der Waals surface area contributed by atoms with Crippen molar-refractivity contribution in [1.29, 1.82) is 0 Å². The van der Waals surface area contributed by atoms with Crippen LogP contribution in [0.5, 0.6) is 11.5 Å². The number of piperidine rings is 1. The third kappa shape index (κ3) is 4.89. The third-order valence-electron chi connectivity index (χ3n) is 7.16. The average Bonchev–Trinajstić information content (AvgIpc) is 3.34. The number of para-hydroxylation sites is 1. The molecular formula is C29H26ClN5O4S. The van der Waals surface area contributed by atoms with Gasteiger partial charge in [-0.05, 0) is 55.3 Å². The van der Waals surface area contributed by atoms with E-state index in [4.69, 9.17) is 16.3 Å². The van der Waals surface area contributed by atoms with Crippen molar-refractivity contribution in [3.05, 3.63) is 84.0 Å². The molecule has 0 spiro atoms. The van der Waals surface area contributed by atoms with Crippen molar-refractivity contribution < 1.29 is 19.1 Å². The highest BCUT2D eigenvalue weighted by molar-refractivity contribution is 8.01. The van der Waals surface area contributed by atoms with Crippen molar-refractivity contribution in [2.45, 2.75) is 35.2 Å². The van der Waals surface area contributed by atoms with Gasteiger partial charge in [0, 0.05) is 30.9 Å². The number of pyridine rings is 1. The van der Waals surface area contributed by atoms with Gasteiger partial charge >= 0.3 is 6.03 Å². The summed E-state index contributed by atoms with van der Waals surface area (Å²) in [5.74, 6) is 0.776. The normalized spacial score (nSPS) is 21.3. The van der Waals surface area contributed by atoms with Crippen LogP contribution in [0.2, 0.25) is 5.02 Å². The molecule has 2 N–H and O–H groups in total. The number of amides is 4. The molecule has 0 aliphatic carbocycles. The summed E-state index contributed by atoms with van der Waals surface area (Å²) in [5.41, 5.74) is 2.00. The second-order valence-corrected chi connectivity index (χ2v) is 11.3. The van der Waals surface area contributed by atoms with E-state index in [0.29, 0.717) is 46.0 Å². The van der Waals surface area contributed by atoms with Crippen molar-refractivity contribution in [2.24, 2.45) is 0 Å². The minimum atomic E-state index is -0.592. The van der Waals surface area contributed by atoms with E-state index in [2.05, 4.69) is 22.2 Å². The first-order valence-electron chi connectivity index (χ1n) is 12.9. The summed E-state index contributed by atoms with van der Waals surface area (Å²) in [7, 11) is 0. The quantitative estimate of drug-likeness (QED) is 0.392. The first-order valence-corrected chi connectivity index (χ1v) is 14.2. The van der Waals surface area contributed by atoms with Crippen molar-refractivity contribution in [3.63, 3.8) is 0 Å². The molecule has 2 aromatic carbocycles. The maximum absolute atomic E-state index is 13.5. The van der Waals surface area contributed by atoms with Crippen LogP contribution in [0.1, 0.15) is 24.4 Å². The predicted molar refractivity (Wildman–Crippen MR) is 153 cm³/mol. The molecule has 3 aromatic rings. The molecule has 0 saturated carbocycles. The summed E-state index contributed by atoms with van der Waals surface area (Å²) in [6, 6.07) is 15.2. The maximum atomic E-state index is 13.5. The first-order chi connectivity index (χ1) is 19.4. The number of hydrogen-bond donors (Lipinski definition) is 2. The summed E-state index contributed by atoms with van der Waals surface area (Å²) in [6.45, 7) is 4.63. The SMILES string of the molecule is C=CC(=O)N1CCCC(NC(=O)[C@@H]2Sc3nccc4c3C2NC(=O)N4c2ccc(Oc3ccccc3)c(Cl)c2)C1. The average molecular weight is 576 g/mol. The fourth-order valence-electron chi connectivity index (χ4n) is 5.32. The van der Waals surface area contributed by atoms with Gasteiger partial charge in [0.05, 0.1) is 22.4 Å². The lowest BCUT2D eigenvalue weighted by atomic mass is 9.99. The highest BCUT2D eigenvalue weighted by Gasteiger charge is 2.47. The standard InChI is InChI=1S/C29H26ClN5O4S/c1-2-23(36)34-14-6-7-17(16-34)32-27(37)26-25-24-21(12-13-31-28(24)40-26)35(29(38)33-25)18-10-11-22(20(30)15-18)39-19-8-4-3-5-9-19/h2-5,8-13,15,17,25-26H,1,6-7,14,16H2,(H,32,37)(H,33,38)/t17?,25?,26-/m1/s1. The number of nitrogens with zero attached hydrogens (tertiary/aromatic N) is 3. The molecule has 2 unspecified atom stereocenters. The van der Waals surface area contributed by atoms with Crippen LogP contribution in [0.4, 0.5) is 16.2 Å². The zero-order valence-electron chi connectivity index (χ0n) is 21.4. The highest BCUT2D eigenvalue weighted by Crippen LogP contribution is 2.51. The molecule has 4 heterocycles. The molecule has 1 saturated heterocycles. The number of rotatable bonds is 6. The van der Waals surface area contributed by atoms with Crippen molar-refractivity contribution >= 4 is 52.6 Å². The van der Waals surface area contributed by atoms with Crippen LogP contribution in [0.3, 0.4) is 0 Å². The van der Waals surface area contributed by atoms with Gasteiger partial charge in [-0.3, -0.25) is 14.5 Å². The number of carbonyl (C=O) groups excluding carboxylic acids is 3. The number of benzene rings is 2. The van der Waals surface area contributed by atoms with E-state index in [1.165, 1.54) is 22.7 Å². The van der Waals surface area contributed by atoms with Gasteiger partial charge in [0.2, 0.25) is 11.8 Å². The topological polar surface area (TPSA) is 104 Å². The first kappa shape index (κ1) is 26.2. The Kier molecular flexibility index (Phi) is 7.12. The molecule has 204 valence electrons. The number of anilines is 2. The third-order valence-corrected chi connectivity index (χ3v) is 8.75. The van der Waals surface area contributed by atoms with Crippen molar-refractivity contribution in [3.8, 4) is 11.5 Å². The maximum Gasteiger partial charge on any atom is 0.327 e. The number of aromatic nitrogens is 1. The zero-order valence-corrected chi connectivity index (χ0v) is 23.0. The lowest BCUT2D eigenvalue weighted by Crippen LogP contribution is -2.53. The molecule has 3 aliphatic heterocycles. The van der Waals surface area contributed by atoms with Gasteiger partial charge in [-0.15, -0.1) is 0 Å². The molecule has 0 bridgehead atoms. The van der Waals surface area contributed by atoms with E-state index in [-0.39, 0.29) is 23.9 Å². The van der Waals surface area contributed by atoms with Crippen LogP contribution in [-0.4, -0.2) is 52.1 Å². The van der Waals surface area contributed by atoms with E-state index in [1.54, 1.807) is 35.4 Å². The van der Waals surface area contributed by atoms with Gasteiger partial charge in [0.1, 0.15) is 21.8 Å². The Hall–Kier alpha value is -4.02. The Balaban J connectivity index is 1.22. The van der Waals surface area contributed by atoms with E-state index < -0.39 is 11.3 Å². The number of nitrogens with one attached hydrogen (secondary N) is 2. The summed E-state index contributed by atoms with van der Waals surface area (Å²) < 4.78 is 5.89. The van der Waals surface area contributed by atoms with Gasteiger partial charge in [-0.1, -0.05) is 48.1 Å². The minimum Gasteiger partial charge on any atom is -0.456 e. The predicted octanol–water partition coefficient (Wildman–Crippen LogP) is 5.20. The second kappa shape index (κ2) is 10.9. The summed E-state index contributed by atoms with van der Waals surface area (Å²) in [4.78, 5) is 46.7. The molecule has 1 fully saturated rings. The van der Waals surface area contributed by atoms with Crippen LogP contribution >= 0.6 is 23.4 Å². The molecule has 11 heteroatoms. The van der Waals surface area contributed by atoms with Gasteiger partial charge in [0.25, 0.3) is 0 Å². The number of urea groups is 1. The van der Waals surface area contributed by atoms with Crippen molar-refractivity contribution in [1.82, 2.24) is 20.5 Å². The molecule has 40 heavy (non-hydrogen) atoms. The van der Waals surface area contributed by atoms with Crippen LogP contribution in [0.15, 0.2) is 78.5 Å². The monoisotopic (exact) mass is 575 g/mol. The second-order valence-electron chi connectivity index (χ2n) is 9.72. The Morgan fingerprint density at radius 3 is 2.80 bits per heavy atom. The Labute approximate surface area is 240 Å². The van der Waals surface area contributed by atoms with E-state index >= 15 is 0 Å². The van der Waals surface area contributed by atoms with Gasteiger partial charge in [-0.25, -0.2) is 9.78 Å². The van der Waals surface area contributed by atoms with Crippen LogP contribution in [-0.2, 0) is 9.59 Å². The molecule has 0 radical (unpaired) electrons. The molecule has 1 aromatic heterocycles. The van der Waals surface area contributed by atoms with Crippen molar-refractivity contribution in [2.75, 3.05) is 18.0 Å². The number of thioether (sulfide) groups is 1. The minimum absolute atomic E-state index is 0.144. The largest absolute Gasteiger partial charge is 0.456 e. The zero-order chi connectivity index (χ0) is 27.8. The highest BCUT2D eigenvalue weighted by atomic mass is 35.5. The van der Waals surface area contributed by atoms with Gasteiger partial charge < -0.3 is 20.3 Å². The summed E-state index contributed by atoms with van der Waals surface area (Å²) in [6.07, 6.45) is 4.50. The fourth-order valence-corrected chi connectivity index (χ4v) is 6.77.